The van der Waals surface area contributed by atoms with E-state index in [1.165, 1.54) is 0 Å². The molecule has 0 bridgehead atoms. The van der Waals surface area contributed by atoms with Crippen molar-refractivity contribution < 1.29 is 5.11 Å². The molecule has 0 unspecified atom stereocenters. The first-order valence-electron chi connectivity index (χ1n) is 7.05. The highest BCUT2D eigenvalue weighted by molar-refractivity contribution is 7.80. The fourth-order valence-corrected chi connectivity index (χ4v) is 2.53. The molecule has 3 N–H and O–H groups in total. The predicted molar refractivity (Wildman–Crippen MR) is 85.8 cm³/mol. The Labute approximate surface area is 124 Å². The number of benzene rings is 1. The SMILES string of the molecule is NC(=S)Cc1nc2ccccc2n1CCCCCCO. The summed E-state index contributed by atoms with van der Waals surface area (Å²) in [6.07, 6.45) is 4.67. The number of thiocarbonyl (C=S) groups is 1. The Kier molecular flexibility index (Phi) is 5.49. The lowest BCUT2D eigenvalue weighted by Gasteiger charge is -2.08. The van der Waals surface area contributed by atoms with Gasteiger partial charge >= 0.3 is 0 Å². The molecule has 1 aromatic carbocycles. The molecule has 4 nitrogen and oxygen atoms in total. The number of imidazole rings is 1. The largest absolute Gasteiger partial charge is 0.396 e. The maximum Gasteiger partial charge on any atom is 0.116 e. The van der Waals surface area contributed by atoms with Crippen molar-refractivity contribution >= 4 is 28.2 Å². The molecule has 0 aliphatic carbocycles. The standard InChI is InChI=1S/C15H21N3OS/c16-14(20)11-15-17-12-7-3-4-8-13(12)18(15)9-5-1-2-6-10-19/h3-4,7-8,19H,1-2,5-6,9-11H2,(H2,16,20). The van der Waals surface area contributed by atoms with Gasteiger partial charge in [-0.15, -0.1) is 0 Å². The molecule has 0 aliphatic heterocycles. The van der Waals surface area contributed by atoms with Crippen LogP contribution in [-0.4, -0.2) is 26.3 Å². The Hall–Kier alpha value is -1.46. The van der Waals surface area contributed by atoms with E-state index in [2.05, 4.69) is 15.6 Å². The number of hydrogen-bond acceptors (Lipinski definition) is 3. The summed E-state index contributed by atoms with van der Waals surface area (Å²) >= 11 is 5.01. The van der Waals surface area contributed by atoms with E-state index in [4.69, 9.17) is 23.1 Å². The van der Waals surface area contributed by atoms with E-state index >= 15 is 0 Å². The van der Waals surface area contributed by atoms with Gasteiger partial charge in [-0.2, -0.15) is 0 Å². The molecular formula is C15H21N3OS. The highest BCUT2D eigenvalue weighted by Crippen LogP contribution is 2.17. The van der Waals surface area contributed by atoms with Gasteiger partial charge in [0.15, 0.2) is 0 Å². The molecule has 5 heteroatoms. The monoisotopic (exact) mass is 291 g/mol. The van der Waals surface area contributed by atoms with Gasteiger partial charge in [0.25, 0.3) is 0 Å². The molecule has 0 spiro atoms. The van der Waals surface area contributed by atoms with Crippen LogP contribution < -0.4 is 5.73 Å². The van der Waals surface area contributed by atoms with Crippen LogP contribution in [0.4, 0.5) is 0 Å². The Balaban J connectivity index is 2.13. The fourth-order valence-electron chi connectivity index (χ4n) is 2.40. The van der Waals surface area contributed by atoms with Gasteiger partial charge in [0.2, 0.25) is 0 Å². The van der Waals surface area contributed by atoms with Crippen LogP contribution in [0.25, 0.3) is 11.0 Å². The van der Waals surface area contributed by atoms with Crippen LogP contribution in [0.2, 0.25) is 0 Å². The molecule has 0 saturated heterocycles. The summed E-state index contributed by atoms with van der Waals surface area (Å²) in [5.74, 6) is 0.945. The molecule has 2 aromatic rings. The molecule has 0 atom stereocenters. The number of unbranched alkanes of at least 4 members (excludes halogenated alkanes) is 3. The number of fused-ring (bicyclic) bond motifs is 1. The first kappa shape index (κ1) is 14.9. The van der Waals surface area contributed by atoms with Crippen molar-refractivity contribution in [2.75, 3.05) is 6.61 Å². The van der Waals surface area contributed by atoms with Gasteiger partial charge < -0.3 is 15.4 Å². The zero-order valence-electron chi connectivity index (χ0n) is 11.6. The number of para-hydroxylation sites is 2. The lowest BCUT2D eigenvalue weighted by atomic mass is 10.2. The first-order valence-corrected chi connectivity index (χ1v) is 7.46. The van der Waals surface area contributed by atoms with E-state index < -0.39 is 0 Å². The molecule has 0 amide bonds. The van der Waals surface area contributed by atoms with Gasteiger partial charge in [-0.25, -0.2) is 4.98 Å². The van der Waals surface area contributed by atoms with Gasteiger partial charge in [-0.05, 0) is 25.0 Å². The van der Waals surface area contributed by atoms with Crippen LogP contribution >= 0.6 is 12.2 Å². The van der Waals surface area contributed by atoms with E-state index in [1.54, 1.807) is 0 Å². The average Bonchev–Trinajstić information content (AvgIpc) is 2.75. The quantitative estimate of drug-likeness (QED) is 0.579. The van der Waals surface area contributed by atoms with Gasteiger partial charge in [0.1, 0.15) is 5.82 Å². The minimum absolute atomic E-state index is 0.278. The van der Waals surface area contributed by atoms with Crippen LogP contribution in [0.15, 0.2) is 24.3 Å². The minimum atomic E-state index is 0.278. The molecule has 1 aromatic heterocycles. The maximum atomic E-state index is 8.79. The molecule has 0 saturated carbocycles. The fraction of sp³-hybridized carbons (Fsp3) is 0.467. The lowest BCUT2D eigenvalue weighted by molar-refractivity contribution is 0.282. The van der Waals surface area contributed by atoms with E-state index in [1.807, 2.05) is 18.2 Å². The van der Waals surface area contributed by atoms with Crippen molar-refractivity contribution in [1.29, 1.82) is 0 Å². The number of aryl methyl sites for hydroxylation is 1. The summed E-state index contributed by atoms with van der Waals surface area (Å²) in [7, 11) is 0. The molecule has 20 heavy (non-hydrogen) atoms. The van der Waals surface area contributed by atoms with E-state index in [0.717, 1.165) is 49.1 Å². The Morgan fingerprint density at radius 2 is 1.95 bits per heavy atom. The predicted octanol–water partition coefficient (Wildman–Crippen LogP) is 2.42. The van der Waals surface area contributed by atoms with Crippen molar-refractivity contribution in [1.82, 2.24) is 9.55 Å². The summed E-state index contributed by atoms with van der Waals surface area (Å²) in [5, 5.41) is 8.79. The van der Waals surface area contributed by atoms with Crippen LogP contribution in [0.1, 0.15) is 31.5 Å². The topological polar surface area (TPSA) is 64.1 Å². The van der Waals surface area contributed by atoms with Crippen molar-refractivity contribution in [3.05, 3.63) is 30.1 Å². The molecule has 108 valence electrons. The van der Waals surface area contributed by atoms with Crippen molar-refractivity contribution in [3.63, 3.8) is 0 Å². The van der Waals surface area contributed by atoms with Crippen molar-refractivity contribution in [2.45, 2.75) is 38.6 Å². The molecule has 2 rings (SSSR count). The van der Waals surface area contributed by atoms with Crippen LogP contribution in [0.3, 0.4) is 0 Å². The van der Waals surface area contributed by atoms with Gasteiger partial charge in [0.05, 0.1) is 22.4 Å². The molecule has 0 radical (unpaired) electrons. The van der Waals surface area contributed by atoms with E-state index in [-0.39, 0.29) is 6.61 Å². The number of aliphatic hydroxyl groups is 1. The van der Waals surface area contributed by atoms with Gasteiger partial charge in [0, 0.05) is 13.2 Å². The number of aromatic nitrogens is 2. The first-order chi connectivity index (χ1) is 9.72. The Morgan fingerprint density at radius 3 is 2.70 bits per heavy atom. The normalized spacial score (nSPS) is 11.1. The third-order valence-corrected chi connectivity index (χ3v) is 3.50. The van der Waals surface area contributed by atoms with Crippen molar-refractivity contribution in [3.8, 4) is 0 Å². The van der Waals surface area contributed by atoms with Crippen molar-refractivity contribution in [2.24, 2.45) is 5.73 Å². The Bertz CT molecular complexity index is 580. The average molecular weight is 291 g/mol. The van der Waals surface area contributed by atoms with Crippen LogP contribution in [0.5, 0.6) is 0 Å². The maximum absolute atomic E-state index is 8.79. The summed E-state index contributed by atoms with van der Waals surface area (Å²) in [6, 6.07) is 8.11. The summed E-state index contributed by atoms with van der Waals surface area (Å²) in [6.45, 7) is 1.20. The third kappa shape index (κ3) is 3.77. The molecule has 0 aliphatic rings. The number of rotatable bonds is 8. The van der Waals surface area contributed by atoms with Crippen LogP contribution in [-0.2, 0) is 13.0 Å². The second kappa shape index (κ2) is 7.36. The highest BCUT2D eigenvalue weighted by Gasteiger charge is 2.10. The zero-order valence-corrected chi connectivity index (χ0v) is 12.4. The number of aliphatic hydroxyl groups excluding tert-OH is 1. The molecule has 1 heterocycles. The second-order valence-electron chi connectivity index (χ2n) is 4.95. The highest BCUT2D eigenvalue weighted by atomic mass is 32.1. The summed E-state index contributed by atoms with van der Waals surface area (Å²) in [5.41, 5.74) is 7.79. The third-order valence-electron chi connectivity index (χ3n) is 3.36. The van der Waals surface area contributed by atoms with E-state index in [9.17, 15) is 0 Å². The number of nitrogens with two attached hydrogens (primary N) is 1. The smallest absolute Gasteiger partial charge is 0.116 e. The summed E-state index contributed by atoms with van der Waals surface area (Å²) in [4.78, 5) is 5.10. The lowest BCUT2D eigenvalue weighted by Crippen LogP contribution is -2.15. The minimum Gasteiger partial charge on any atom is -0.396 e. The molecular weight excluding hydrogens is 270 g/mol. The zero-order chi connectivity index (χ0) is 14.4. The van der Waals surface area contributed by atoms with Gasteiger partial charge in [-0.3, -0.25) is 0 Å². The number of nitrogens with zero attached hydrogens (tertiary/aromatic N) is 2. The van der Waals surface area contributed by atoms with Crippen LogP contribution in [0, 0.1) is 0 Å². The second-order valence-corrected chi connectivity index (χ2v) is 5.47. The number of hydrogen-bond donors (Lipinski definition) is 2. The molecule has 0 fully saturated rings. The Morgan fingerprint density at radius 1 is 1.20 bits per heavy atom. The summed E-state index contributed by atoms with van der Waals surface area (Å²) < 4.78 is 2.22. The van der Waals surface area contributed by atoms with Gasteiger partial charge in [-0.1, -0.05) is 37.2 Å². The van der Waals surface area contributed by atoms with E-state index in [0.29, 0.717) is 11.4 Å².